The average molecular weight is 405 g/mol. The quantitative estimate of drug-likeness (QED) is 0.536. The number of nitrogens with zero attached hydrogens (tertiary/aromatic N) is 2. The summed E-state index contributed by atoms with van der Waals surface area (Å²) in [7, 11) is -3.53. The molecule has 0 atom stereocenters. The minimum absolute atomic E-state index is 0.112. The molecule has 28 heavy (non-hydrogen) atoms. The molecule has 0 unspecified atom stereocenters. The third kappa shape index (κ3) is 4.73. The van der Waals surface area contributed by atoms with Gasteiger partial charge < -0.3 is 5.32 Å². The highest BCUT2D eigenvalue weighted by atomic mass is 32.2. The Morgan fingerprint density at radius 3 is 2.25 bits per heavy atom. The van der Waals surface area contributed by atoms with Crippen molar-refractivity contribution in [1.82, 2.24) is 9.62 Å². The summed E-state index contributed by atoms with van der Waals surface area (Å²) in [6.07, 6.45) is 0. The molecular formula is C19H23N3O5S. The molecule has 0 fully saturated rings. The number of hydrogen-bond acceptors (Lipinski definition) is 5. The second kappa shape index (κ2) is 8.94. The normalized spacial score (nSPS) is 11.4. The first-order valence-corrected chi connectivity index (χ1v) is 10.3. The summed E-state index contributed by atoms with van der Waals surface area (Å²) < 4.78 is 26.3. The smallest absolute Gasteiger partial charge is 0.273 e. The Morgan fingerprint density at radius 2 is 1.71 bits per heavy atom. The summed E-state index contributed by atoms with van der Waals surface area (Å²) in [5.74, 6) is -0.442. The van der Waals surface area contributed by atoms with Crippen LogP contribution in [0.25, 0.3) is 0 Å². The van der Waals surface area contributed by atoms with Gasteiger partial charge in [0.05, 0.1) is 9.82 Å². The van der Waals surface area contributed by atoms with E-state index >= 15 is 0 Å². The van der Waals surface area contributed by atoms with Gasteiger partial charge in [0.1, 0.15) is 0 Å². The van der Waals surface area contributed by atoms with Crippen LogP contribution in [0.2, 0.25) is 0 Å². The minimum atomic E-state index is -3.53. The van der Waals surface area contributed by atoms with Gasteiger partial charge in [-0.3, -0.25) is 14.9 Å². The van der Waals surface area contributed by atoms with Gasteiger partial charge in [-0.25, -0.2) is 8.42 Å². The first-order valence-electron chi connectivity index (χ1n) is 8.83. The number of nitro groups is 1. The maximum atomic E-state index is 12.5. The third-order valence-corrected chi connectivity index (χ3v) is 6.45. The number of sulfonamides is 1. The van der Waals surface area contributed by atoms with Crippen LogP contribution in [-0.4, -0.2) is 36.6 Å². The summed E-state index contributed by atoms with van der Waals surface area (Å²) in [5.41, 5.74) is 1.27. The van der Waals surface area contributed by atoms with Gasteiger partial charge in [-0.05, 0) is 30.7 Å². The lowest BCUT2D eigenvalue weighted by atomic mass is 10.1. The van der Waals surface area contributed by atoms with Gasteiger partial charge in [-0.1, -0.05) is 32.0 Å². The number of carbonyl (C=O) groups excluding carboxylic acids is 1. The second-order valence-electron chi connectivity index (χ2n) is 6.17. The fourth-order valence-corrected chi connectivity index (χ4v) is 4.18. The molecule has 0 saturated carbocycles. The van der Waals surface area contributed by atoms with Gasteiger partial charge in [0.25, 0.3) is 11.6 Å². The monoisotopic (exact) mass is 405 g/mol. The van der Waals surface area contributed by atoms with Crippen LogP contribution >= 0.6 is 0 Å². The Bertz CT molecular complexity index is 968. The van der Waals surface area contributed by atoms with Crippen LogP contribution in [0.1, 0.15) is 35.3 Å². The van der Waals surface area contributed by atoms with E-state index in [0.717, 1.165) is 0 Å². The van der Waals surface area contributed by atoms with Gasteiger partial charge in [-0.2, -0.15) is 4.31 Å². The summed E-state index contributed by atoms with van der Waals surface area (Å²) in [5, 5.41) is 13.7. The van der Waals surface area contributed by atoms with Gasteiger partial charge in [-0.15, -0.1) is 0 Å². The van der Waals surface area contributed by atoms with Crippen LogP contribution in [0.15, 0.2) is 47.4 Å². The molecule has 150 valence electrons. The van der Waals surface area contributed by atoms with Gasteiger partial charge in [0.2, 0.25) is 10.0 Å². The summed E-state index contributed by atoms with van der Waals surface area (Å²) >= 11 is 0. The SMILES string of the molecule is CCN(CC)S(=O)(=O)c1ccc(CNC(=O)c2ccc(C)c([N+](=O)[O-])c2)cc1. The third-order valence-electron chi connectivity index (χ3n) is 4.39. The molecule has 0 aliphatic heterocycles. The lowest BCUT2D eigenvalue weighted by Gasteiger charge is -2.18. The molecule has 0 aliphatic carbocycles. The highest BCUT2D eigenvalue weighted by Gasteiger charge is 2.21. The van der Waals surface area contributed by atoms with Crippen molar-refractivity contribution in [1.29, 1.82) is 0 Å². The highest BCUT2D eigenvalue weighted by molar-refractivity contribution is 7.89. The predicted octanol–water partition coefficient (Wildman–Crippen LogP) is 2.86. The van der Waals surface area contributed by atoms with E-state index < -0.39 is 20.9 Å². The molecule has 9 heteroatoms. The van der Waals surface area contributed by atoms with Crippen molar-refractivity contribution < 1.29 is 18.1 Å². The Kier molecular flexibility index (Phi) is 6.87. The van der Waals surface area contributed by atoms with Crippen LogP contribution in [0, 0.1) is 17.0 Å². The van der Waals surface area contributed by atoms with Crippen molar-refractivity contribution in [3.05, 3.63) is 69.3 Å². The first-order chi connectivity index (χ1) is 13.2. The van der Waals surface area contributed by atoms with Crippen molar-refractivity contribution >= 4 is 21.6 Å². The molecule has 0 aromatic heterocycles. The Hall–Kier alpha value is -2.78. The largest absolute Gasteiger partial charge is 0.348 e. The number of carbonyl (C=O) groups is 1. The zero-order chi connectivity index (χ0) is 20.9. The fourth-order valence-electron chi connectivity index (χ4n) is 2.72. The van der Waals surface area contributed by atoms with E-state index in [1.165, 1.54) is 34.6 Å². The van der Waals surface area contributed by atoms with Crippen molar-refractivity contribution in [3.63, 3.8) is 0 Å². The maximum Gasteiger partial charge on any atom is 0.273 e. The van der Waals surface area contributed by atoms with Gasteiger partial charge >= 0.3 is 0 Å². The maximum absolute atomic E-state index is 12.5. The number of aryl methyl sites for hydroxylation is 1. The number of benzene rings is 2. The lowest BCUT2D eigenvalue weighted by molar-refractivity contribution is -0.385. The topological polar surface area (TPSA) is 110 Å². The van der Waals surface area contributed by atoms with E-state index in [0.29, 0.717) is 24.2 Å². The molecule has 0 aliphatic rings. The number of rotatable bonds is 8. The molecule has 0 radical (unpaired) electrons. The van der Waals surface area contributed by atoms with Crippen molar-refractivity contribution in [2.24, 2.45) is 0 Å². The second-order valence-corrected chi connectivity index (χ2v) is 8.11. The zero-order valence-electron chi connectivity index (χ0n) is 16.0. The highest BCUT2D eigenvalue weighted by Crippen LogP contribution is 2.19. The van der Waals surface area contributed by atoms with Crippen molar-refractivity contribution in [2.75, 3.05) is 13.1 Å². The van der Waals surface area contributed by atoms with Crippen molar-refractivity contribution in [3.8, 4) is 0 Å². The van der Waals surface area contributed by atoms with E-state index in [1.807, 2.05) is 0 Å². The molecule has 2 aromatic rings. The molecule has 8 nitrogen and oxygen atoms in total. The standard InChI is InChI=1S/C19H23N3O5S/c1-4-21(5-2)28(26,27)17-10-7-15(8-11-17)13-20-19(23)16-9-6-14(3)18(12-16)22(24)25/h6-12H,4-5,13H2,1-3H3,(H,20,23). The van der Waals surface area contributed by atoms with E-state index in [2.05, 4.69) is 5.32 Å². The number of nitrogens with one attached hydrogen (secondary N) is 1. The van der Waals surface area contributed by atoms with E-state index in [4.69, 9.17) is 0 Å². The fraction of sp³-hybridized carbons (Fsp3) is 0.316. The van der Waals surface area contributed by atoms with E-state index in [-0.39, 0.29) is 22.7 Å². The average Bonchev–Trinajstić information content (AvgIpc) is 2.67. The van der Waals surface area contributed by atoms with Crippen LogP contribution in [0.5, 0.6) is 0 Å². The molecule has 2 rings (SSSR count). The number of hydrogen-bond donors (Lipinski definition) is 1. The van der Waals surface area contributed by atoms with Crippen molar-refractivity contribution in [2.45, 2.75) is 32.2 Å². The minimum Gasteiger partial charge on any atom is -0.348 e. The summed E-state index contributed by atoms with van der Waals surface area (Å²) in [6, 6.07) is 10.6. The molecule has 0 bridgehead atoms. The number of amides is 1. The van der Waals surface area contributed by atoms with Crippen LogP contribution in [-0.2, 0) is 16.6 Å². The molecule has 0 spiro atoms. The summed E-state index contributed by atoms with van der Waals surface area (Å²) in [6.45, 7) is 6.11. The predicted molar refractivity (Wildman–Crippen MR) is 106 cm³/mol. The first kappa shape index (κ1) is 21.5. The molecule has 2 aromatic carbocycles. The molecule has 0 heterocycles. The van der Waals surface area contributed by atoms with Crippen LogP contribution in [0.4, 0.5) is 5.69 Å². The van der Waals surface area contributed by atoms with Crippen LogP contribution in [0.3, 0.4) is 0 Å². The molecule has 0 saturated heterocycles. The Balaban J connectivity index is 2.09. The van der Waals surface area contributed by atoms with Gasteiger partial charge in [0, 0.05) is 36.8 Å². The molecular weight excluding hydrogens is 382 g/mol. The van der Waals surface area contributed by atoms with Gasteiger partial charge in [0.15, 0.2) is 0 Å². The Morgan fingerprint density at radius 1 is 1.11 bits per heavy atom. The number of nitro benzene ring substituents is 1. The van der Waals surface area contributed by atoms with E-state index in [9.17, 15) is 23.3 Å². The van der Waals surface area contributed by atoms with Crippen LogP contribution < -0.4 is 5.32 Å². The molecule has 1 amide bonds. The lowest BCUT2D eigenvalue weighted by Crippen LogP contribution is -2.30. The Labute approximate surface area is 164 Å². The summed E-state index contributed by atoms with van der Waals surface area (Å²) in [4.78, 5) is 22.9. The molecule has 1 N–H and O–H groups in total. The van der Waals surface area contributed by atoms with E-state index in [1.54, 1.807) is 32.9 Å². The zero-order valence-corrected chi connectivity index (χ0v) is 16.8.